The Kier molecular flexibility index (Phi) is 7.74. The molecule has 2 heterocycles. The molecule has 5 heteroatoms. The van der Waals surface area contributed by atoms with E-state index in [1.54, 1.807) is 30.3 Å². The predicted octanol–water partition coefficient (Wildman–Crippen LogP) is 5.89. The fourth-order valence-electron chi connectivity index (χ4n) is 4.39. The van der Waals surface area contributed by atoms with Crippen molar-refractivity contribution in [2.24, 2.45) is 0 Å². The van der Waals surface area contributed by atoms with E-state index < -0.39 is 0 Å². The molecule has 33 heavy (non-hydrogen) atoms. The average molecular weight is 448 g/mol. The van der Waals surface area contributed by atoms with Crippen LogP contribution in [0.3, 0.4) is 0 Å². The fraction of sp³-hybridized carbons (Fsp3) is 0.357. The van der Waals surface area contributed by atoms with Gasteiger partial charge in [0.1, 0.15) is 35.7 Å². The number of likely N-dealkylation sites (tertiary alicyclic amines) is 1. The first-order valence-electron chi connectivity index (χ1n) is 11.8. The van der Waals surface area contributed by atoms with Gasteiger partial charge in [0.05, 0.1) is 0 Å². The van der Waals surface area contributed by atoms with Crippen LogP contribution in [-0.4, -0.2) is 41.4 Å². The van der Waals surface area contributed by atoms with Crippen molar-refractivity contribution in [2.45, 2.75) is 38.2 Å². The zero-order chi connectivity index (χ0) is 23.0. The lowest BCUT2D eigenvalue weighted by Crippen LogP contribution is -2.25. The third kappa shape index (κ3) is 6.42. The first kappa shape index (κ1) is 23.0. The second-order valence-corrected chi connectivity index (χ2v) is 8.77. The summed E-state index contributed by atoms with van der Waals surface area (Å²) >= 11 is 0. The number of hydrogen-bond donors (Lipinski definition) is 2. The Bertz CT molecular complexity index is 1000. The number of nitrogens with zero attached hydrogens (tertiary/aromatic N) is 1. The number of aromatic hydroxyl groups is 2. The van der Waals surface area contributed by atoms with Crippen molar-refractivity contribution in [3.8, 4) is 23.0 Å². The average Bonchev–Trinajstić information content (AvgIpc) is 3.34. The third-order valence-electron chi connectivity index (χ3n) is 6.24. The molecule has 5 rings (SSSR count). The van der Waals surface area contributed by atoms with Crippen molar-refractivity contribution in [1.82, 2.24) is 4.90 Å². The molecule has 0 spiro atoms. The standard InChI is InChI=1S/C22H27NO3.C6H6O/c1-16-14-22(26-21-9-6-18(24)15-20(16)21)17-4-7-19(8-5-17)25-13-12-23-10-2-3-11-23;7-6-4-2-1-3-5-6/h4-9,15-16,22,24H,2-3,10-14H2,1H3;1-5,7H/t16-,22+;/m0./s1. The monoisotopic (exact) mass is 447 g/mol. The molecule has 1 fully saturated rings. The summed E-state index contributed by atoms with van der Waals surface area (Å²) in [5.74, 6) is 2.77. The highest BCUT2D eigenvalue weighted by molar-refractivity contribution is 5.44. The lowest BCUT2D eigenvalue weighted by Gasteiger charge is -2.31. The number of benzene rings is 3. The number of hydrogen-bond acceptors (Lipinski definition) is 5. The molecule has 5 nitrogen and oxygen atoms in total. The normalized spacial score (nSPS) is 19.7. The molecule has 2 N–H and O–H groups in total. The van der Waals surface area contributed by atoms with Crippen LogP contribution in [0.2, 0.25) is 0 Å². The first-order valence-corrected chi connectivity index (χ1v) is 11.8. The molecule has 3 aromatic rings. The number of ether oxygens (including phenoxy) is 2. The van der Waals surface area contributed by atoms with Crippen molar-refractivity contribution in [2.75, 3.05) is 26.2 Å². The molecule has 0 saturated carbocycles. The molecule has 2 aliphatic rings. The van der Waals surface area contributed by atoms with Crippen molar-refractivity contribution in [3.63, 3.8) is 0 Å². The Balaban J connectivity index is 0.000000318. The van der Waals surface area contributed by atoms with E-state index in [4.69, 9.17) is 14.6 Å². The van der Waals surface area contributed by atoms with E-state index in [1.165, 1.54) is 31.5 Å². The van der Waals surface area contributed by atoms with E-state index in [9.17, 15) is 5.11 Å². The zero-order valence-electron chi connectivity index (χ0n) is 19.2. The van der Waals surface area contributed by atoms with Crippen LogP contribution in [-0.2, 0) is 0 Å². The van der Waals surface area contributed by atoms with E-state index in [1.807, 2.05) is 30.3 Å². The molecule has 0 radical (unpaired) electrons. The lowest BCUT2D eigenvalue weighted by molar-refractivity contribution is 0.163. The van der Waals surface area contributed by atoms with Crippen LogP contribution in [0.25, 0.3) is 0 Å². The quantitative estimate of drug-likeness (QED) is 0.511. The fourth-order valence-corrected chi connectivity index (χ4v) is 4.39. The maximum atomic E-state index is 9.69. The lowest BCUT2D eigenvalue weighted by atomic mass is 9.89. The Morgan fingerprint density at radius 2 is 1.64 bits per heavy atom. The molecule has 0 amide bonds. The van der Waals surface area contributed by atoms with Gasteiger partial charge in [0.15, 0.2) is 0 Å². The minimum absolute atomic E-state index is 0.0423. The van der Waals surface area contributed by atoms with Crippen molar-refractivity contribution >= 4 is 0 Å². The Labute approximate surface area is 196 Å². The van der Waals surface area contributed by atoms with Gasteiger partial charge >= 0.3 is 0 Å². The molecule has 0 aliphatic carbocycles. The molecule has 2 aliphatic heterocycles. The summed E-state index contributed by atoms with van der Waals surface area (Å²) in [5.41, 5.74) is 2.26. The minimum atomic E-state index is 0.0423. The number of para-hydroxylation sites is 1. The smallest absolute Gasteiger partial charge is 0.124 e. The highest BCUT2D eigenvalue weighted by Crippen LogP contribution is 2.43. The third-order valence-corrected chi connectivity index (χ3v) is 6.24. The zero-order valence-corrected chi connectivity index (χ0v) is 19.2. The molecular formula is C28H33NO4. The van der Waals surface area contributed by atoms with Gasteiger partial charge in [0, 0.05) is 12.1 Å². The van der Waals surface area contributed by atoms with Gasteiger partial charge < -0.3 is 19.7 Å². The number of rotatable bonds is 5. The summed E-state index contributed by atoms with van der Waals surface area (Å²) < 4.78 is 12.1. The maximum Gasteiger partial charge on any atom is 0.124 e. The van der Waals surface area contributed by atoms with Crippen LogP contribution in [0.5, 0.6) is 23.0 Å². The van der Waals surface area contributed by atoms with Crippen LogP contribution >= 0.6 is 0 Å². The molecule has 2 atom stereocenters. The Morgan fingerprint density at radius 3 is 2.30 bits per heavy atom. The van der Waals surface area contributed by atoms with Crippen molar-refractivity contribution in [1.29, 1.82) is 0 Å². The van der Waals surface area contributed by atoms with Crippen LogP contribution in [0.4, 0.5) is 0 Å². The van der Waals surface area contributed by atoms with Gasteiger partial charge in [-0.1, -0.05) is 37.3 Å². The van der Waals surface area contributed by atoms with E-state index >= 15 is 0 Å². The van der Waals surface area contributed by atoms with Crippen LogP contribution in [0, 0.1) is 0 Å². The second kappa shape index (κ2) is 11.1. The van der Waals surface area contributed by atoms with Gasteiger partial charge in [-0.05, 0) is 86.3 Å². The van der Waals surface area contributed by atoms with Crippen molar-refractivity contribution in [3.05, 3.63) is 83.9 Å². The molecule has 3 aromatic carbocycles. The van der Waals surface area contributed by atoms with Crippen LogP contribution in [0.15, 0.2) is 72.8 Å². The number of phenols is 2. The SMILES string of the molecule is C[C@H]1C[C@H](c2ccc(OCCN3CCCC3)cc2)Oc2ccc(O)cc21.Oc1ccccc1. The molecule has 0 unspecified atom stereocenters. The molecule has 0 aromatic heterocycles. The summed E-state index contributed by atoms with van der Waals surface area (Å²) in [6.45, 7) is 6.35. The summed E-state index contributed by atoms with van der Waals surface area (Å²) in [7, 11) is 0. The Morgan fingerprint density at radius 1 is 0.909 bits per heavy atom. The second-order valence-electron chi connectivity index (χ2n) is 8.77. The van der Waals surface area contributed by atoms with Gasteiger partial charge in [0.25, 0.3) is 0 Å². The topological polar surface area (TPSA) is 62.2 Å². The van der Waals surface area contributed by atoms with Gasteiger partial charge in [-0.15, -0.1) is 0 Å². The van der Waals surface area contributed by atoms with E-state index in [-0.39, 0.29) is 6.10 Å². The number of phenolic OH excluding ortho intramolecular Hbond substituents is 2. The van der Waals surface area contributed by atoms with Crippen LogP contribution < -0.4 is 9.47 Å². The maximum absolute atomic E-state index is 9.69. The highest BCUT2D eigenvalue weighted by atomic mass is 16.5. The minimum Gasteiger partial charge on any atom is -0.508 e. The van der Waals surface area contributed by atoms with E-state index in [2.05, 4.69) is 24.0 Å². The van der Waals surface area contributed by atoms with Gasteiger partial charge in [-0.25, -0.2) is 0 Å². The van der Waals surface area contributed by atoms with E-state index in [0.29, 0.717) is 17.4 Å². The first-order chi connectivity index (χ1) is 16.1. The molecule has 1 saturated heterocycles. The van der Waals surface area contributed by atoms with Crippen LogP contribution in [0.1, 0.15) is 49.3 Å². The van der Waals surface area contributed by atoms with Gasteiger partial charge in [0.2, 0.25) is 0 Å². The number of fused-ring (bicyclic) bond motifs is 1. The largest absolute Gasteiger partial charge is 0.508 e. The Hall–Kier alpha value is -3.18. The summed E-state index contributed by atoms with van der Waals surface area (Å²) in [6, 6.07) is 22.4. The van der Waals surface area contributed by atoms with E-state index in [0.717, 1.165) is 36.6 Å². The summed E-state index contributed by atoms with van der Waals surface area (Å²) in [4.78, 5) is 2.46. The summed E-state index contributed by atoms with van der Waals surface area (Å²) in [6.07, 6.45) is 3.58. The molecule has 0 bridgehead atoms. The van der Waals surface area contributed by atoms with Gasteiger partial charge in [-0.3, -0.25) is 4.90 Å². The summed E-state index contributed by atoms with van der Waals surface area (Å²) in [5, 5.41) is 18.3. The van der Waals surface area contributed by atoms with Crippen molar-refractivity contribution < 1.29 is 19.7 Å². The molecular weight excluding hydrogens is 414 g/mol. The highest BCUT2D eigenvalue weighted by Gasteiger charge is 2.27. The van der Waals surface area contributed by atoms with Gasteiger partial charge in [-0.2, -0.15) is 0 Å². The molecule has 174 valence electrons. The predicted molar refractivity (Wildman–Crippen MR) is 130 cm³/mol.